The summed E-state index contributed by atoms with van der Waals surface area (Å²) >= 11 is 1.35. The normalized spacial score (nSPS) is 13.9. The van der Waals surface area contributed by atoms with Gasteiger partial charge in [0.2, 0.25) is 5.95 Å². The first-order valence-electron chi connectivity index (χ1n) is 8.72. The summed E-state index contributed by atoms with van der Waals surface area (Å²) in [4.78, 5) is 30.1. The maximum absolute atomic E-state index is 12.5. The topological polar surface area (TPSA) is 107 Å². The van der Waals surface area contributed by atoms with E-state index in [0.29, 0.717) is 65.2 Å². The molecule has 1 aliphatic rings. The average Bonchev–Trinajstić information content (AvgIpc) is 3.27. The maximum atomic E-state index is 12.5. The van der Waals surface area contributed by atoms with Crippen molar-refractivity contribution in [2.24, 2.45) is 0 Å². The lowest BCUT2D eigenvalue weighted by Gasteiger charge is -2.34. The molecule has 0 atom stereocenters. The lowest BCUT2D eigenvalue weighted by molar-refractivity contribution is 0.0751. The largest absolute Gasteiger partial charge is 0.493 e. The van der Waals surface area contributed by atoms with Crippen molar-refractivity contribution in [2.45, 2.75) is 0 Å². The Morgan fingerprint density at radius 3 is 2.41 bits per heavy atom. The molecule has 154 valence electrons. The van der Waals surface area contributed by atoms with Gasteiger partial charge in [0.1, 0.15) is 10.7 Å². The summed E-state index contributed by atoms with van der Waals surface area (Å²) in [6.45, 7) is 2.43. The van der Waals surface area contributed by atoms with Crippen LogP contribution in [-0.2, 0) is 0 Å². The molecule has 0 spiro atoms. The molecule has 1 amide bonds. The van der Waals surface area contributed by atoms with Gasteiger partial charge in [-0.05, 0) is 6.07 Å². The molecule has 2 aromatic heterocycles. The van der Waals surface area contributed by atoms with Crippen LogP contribution < -0.4 is 20.1 Å². The number of nitrogen functional groups attached to an aromatic ring is 1. The summed E-state index contributed by atoms with van der Waals surface area (Å²) < 4.78 is 10.7. The van der Waals surface area contributed by atoms with Crippen LogP contribution in [0.15, 0.2) is 23.8 Å². The highest BCUT2D eigenvalue weighted by atomic mass is 35.5. The van der Waals surface area contributed by atoms with Crippen molar-refractivity contribution >= 4 is 52.3 Å². The zero-order chi connectivity index (χ0) is 19.7. The molecule has 0 radical (unpaired) electrons. The smallest absolute Gasteiger partial charge is 0.265 e. The molecular formula is C18H21ClN6O3S. The lowest BCUT2D eigenvalue weighted by atomic mass is 10.2. The molecule has 1 fully saturated rings. The van der Waals surface area contributed by atoms with Gasteiger partial charge in [-0.2, -0.15) is 4.98 Å². The van der Waals surface area contributed by atoms with E-state index in [1.807, 2.05) is 9.80 Å². The zero-order valence-electron chi connectivity index (χ0n) is 16.0. The minimum atomic E-state index is 0. The number of thiazole rings is 1. The van der Waals surface area contributed by atoms with Gasteiger partial charge in [-0.15, -0.1) is 23.7 Å². The molecule has 9 nitrogen and oxygen atoms in total. The summed E-state index contributed by atoms with van der Waals surface area (Å²) in [5.74, 6) is 2.09. The Morgan fingerprint density at radius 2 is 1.79 bits per heavy atom. The van der Waals surface area contributed by atoms with Crippen LogP contribution >= 0.6 is 23.7 Å². The second-order valence-corrected chi connectivity index (χ2v) is 7.16. The van der Waals surface area contributed by atoms with Gasteiger partial charge < -0.3 is 25.0 Å². The number of fused-ring (bicyclic) bond motifs is 1. The van der Waals surface area contributed by atoms with E-state index in [2.05, 4.69) is 15.0 Å². The SMILES string of the molecule is COc1cc2nc(N3CCN(C(=O)c4cncs4)CC3)nc(N)c2cc1OC.Cl. The number of amides is 1. The second-order valence-electron chi connectivity index (χ2n) is 6.28. The third-order valence-corrected chi connectivity index (χ3v) is 5.47. The van der Waals surface area contributed by atoms with Crippen LogP contribution in [0.3, 0.4) is 0 Å². The molecule has 1 aromatic carbocycles. The Kier molecular flexibility index (Phi) is 6.23. The number of anilines is 2. The fraction of sp³-hybridized carbons (Fsp3) is 0.333. The lowest BCUT2D eigenvalue weighted by Crippen LogP contribution is -2.49. The Hall–Kier alpha value is -2.85. The quantitative estimate of drug-likeness (QED) is 0.662. The van der Waals surface area contributed by atoms with Crippen molar-refractivity contribution < 1.29 is 14.3 Å². The zero-order valence-corrected chi connectivity index (χ0v) is 17.6. The fourth-order valence-corrected chi connectivity index (χ4v) is 3.78. The molecule has 29 heavy (non-hydrogen) atoms. The third-order valence-electron chi connectivity index (χ3n) is 4.71. The Balaban J connectivity index is 0.00000240. The highest BCUT2D eigenvalue weighted by molar-refractivity contribution is 7.11. The number of benzene rings is 1. The van der Waals surface area contributed by atoms with E-state index in [9.17, 15) is 4.79 Å². The molecule has 11 heteroatoms. The van der Waals surface area contributed by atoms with Crippen molar-refractivity contribution in [3.63, 3.8) is 0 Å². The number of carbonyl (C=O) groups excluding carboxylic acids is 1. The third kappa shape index (κ3) is 3.99. The van der Waals surface area contributed by atoms with Crippen LogP contribution in [-0.4, -0.2) is 66.2 Å². The first-order chi connectivity index (χ1) is 13.6. The van der Waals surface area contributed by atoms with Gasteiger partial charge in [0.25, 0.3) is 5.91 Å². The number of carbonyl (C=O) groups is 1. The summed E-state index contributed by atoms with van der Waals surface area (Å²) in [5.41, 5.74) is 8.52. The van der Waals surface area contributed by atoms with Crippen molar-refractivity contribution in [1.82, 2.24) is 19.9 Å². The fourth-order valence-electron chi connectivity index (χ4n) is 3.19. The molecule has 2 N–H and O–H groups in total. The molecule has 3 heterocycles. The highest BCUT2D eigenvalue weighted by Crippen LogP contribution is 2.34. The molecule has 3 aromatic rings. The van der Waals surface area contributed by atoms with E-state index in [-0.39, 0.29) is 18.3 Å². The van der Waals surface area contributed by atoms with Crippen molar-refractivity contribution in [3.05, 3.63) is 28.7 Å². The molecule has 0 saturated carbocycles. The van der Waals surface area contributed by atoms with Crippen LogP contribution in [0.2, 0.25) is 0 Å². The van der Waals surface area contributed by atoms with E-state index in [0.717, 1.165) is 0 Å². The van der Waals surface area contributed by atoms with Crippen LogP contribution in [0.5, 0.6) is 11.5 Å². The number of nitrogens with zero attached hydrogens (tertiary/aromatic N) is 5. The molecule has 0 aliphatic carbocycles. The Morgan fingerprint density at radius 1 is 1.10 bits per heavy atom. The van der Waals surface area contributed by atoms with E-state index in [1.165, 1.54) is 11.3 Å². The number of methoxy groups -OCH3 is 2. The summed E-state index contributed by atoms with van der Waals surface area (Å²) in [7, 11) is 3.15. The van der Waals surface area contributed by atoms with Crippen LogP contribution in [0.1, 0.15) is 9.67 Å². The molecular weight excluding hydrogens is 416 g/mol. The van der Waals surface area contributed by atoms with Gasteiger partial charge in [-0.3, -0.25) is 9.78 Å². The van der Waals surface area contributed by atoms with Crippen LogP contribution in [0, 0.1) is 0 Å². The number of hydrogen-bond donors (Lipinski definition) is 1. The number of halogens is 1. The van der Waals surface area contributed by atoms with Gasteiger partial charge in [0, 0.05) is 37.6 Å². The van der Waals surface area contributed by atoms with Crippen molar-refractivity contribution in [3.8, 4) is 11.5 Å². The molecule has 0 bridgehead atoms. The van der Waals surface area contributed by atoms with Gasteiger partial charge >= 0.3 is 0 Å². The average molecular weight is 437 g/mol. The highest BCUT2D eigenvalue weighted by Gasteiger charge is 2.25. The van der Waals surface area contributed by atoms with E-state index < -0.39 is 0 Å². The Labute approximate surface area is 177 Å². The van der Waals surface area contributed by atoms with Gasteiger partial charge in [0.05, 0.1) is 31.4 Å². The number of ether oxygens (including phenoxy) is 2. The number of rotatable bonds is 4. The number of nitrogens with two attached hydrogens (primary N) is 1. The summed E-state index contributed by atoms with van der Waals surface area (Å²) in [6.07, 6.45) is 1.61. The predicted octanol–water partition coefficient (Wildman–Crippen LogP) is 2.07. The second kappa shape index (κ2) is 8.66. The summed E-state index contributed by atoms with van der Waals surface area (Å²) in [6, 6.07) is 3.57. The first-order valence-corrected chi connectivity index (χ1v) is 9.60. The standard InChI is InChI=1S/C18H20N6O3S.ClH/c1-26-13-7-11-12(8-14(13)27-2)21-18(22-16(11)19)24-5-3-23(4-6-24)17(25)15-9-20-10-28-15;/h7-10H,3-6H2,1-2H3,(H2,19,21,22);1H. The number of piperazine rings is 1. The molecule has 4 rings (SSSR count). The Bertz CT molecular complexity index is 1010. The van der Waals surface area contributed by atoms with E-state index in [1.54, 1.807) is 38.1 Å². The molecule has 1 saturated heterocycles. The van der Waals surface area contributed by atoms with Crippen molar-refractivity contribution in [1.29, 1.82) is 0 Å². The minimum Gasteiger partial charge on any atom is -0.493 e. The van der Waals surface area contributed by atoms with E-state index >= 15 is 0 Å². The predicted molar refractivity (Wildman–Crippen MR) is 115 cm³/mol. The van der Waals surface area contributed by atoms with Gasteiger partial charge in [-0.1, -0.05) is 0 Å². The first kappa shape index (κ1) is 20.9. The van der Waals surface area contributed by atoms with E-state index in [4.69, 9.17) is 15.2 Å². The number of aromatic nitrogens is 3. The molecule has 0 unspecified atom stereocenters. The number of hydrogen-bond acceptors (Lipinski definition) is 9. The van der Waals surface area contributed by atoms with Gasteiger partial charge in [0.15, 0.2) is 11.5 Å². The maximum Gasteiger partial charge on any atom is 0.265 e. The summed E-state index contributed by atoms with van der Waals surface area (Å²) in [5, 5.41) is 0.709. The van der Waals surface area contributed by atoms with Crippen molar-refractivity contribution in [2.75, 3.05) is 51.0 Å². The minimum absolute atomic E-state index is 0. The van der Waals surface area contributed by atoms with Crippen LogP contribution in [0.25, 0.3) is 10.9 Å². The monoisotopic (exact) mass is 436 g/mol. The van der Waals surface area contributed by atoms with Crippen LogP contribution in [0.4, 0.5) is 11.8 Å². The molecule has 1 aliphatic heterocycles. The van der Waals surface area contributed by atoms with Gasteiger partial charge in [-0.25, -0.2) is 4.98 Å².